The zero-order chi connectivity index (χ0) is 27.9. The Hall–Kier alpha value is -2.88. The van der Waals surface area contributed by atoms with Gasteiger partial charge in [0.15, 0.2) is 0 Å². The van der Waals surface area contributed by atoms with Crippen molar-refractivity contribution >= 4 is 55.1 Å². The van der Waals surface area contributed by atoms with Crippen LogP contribution in [0.15, 0.2) is 88.2 Å². The van der Waals surface area contributed by atoms with E-state index >= 15 is 0 Å². The first-order valence-corrected chi connectivity index (χ1v) is 14.8. The van der Waals surface area contributed by atoms with Crippen LogP contribution in [0, 0.1) is 0 Å². The molecule has 0 bridgehead atoms. The first kappa shape index (κ1) is 29.7. The molecule has 3 rings (SSSR count). The van der Waals surface area contributed by atoms with Crippen molar-refractivity contribution in [3.8, 4) is 0 Å². The number of halogens is 2. The lowest BCUT2D eigenvalue weighted by Crippen LogP contribution is -2.52. The summed E-state index contributed by atoms with van der Waals surface area (Å²) >= 11 is 9.45. The molecular formula is C28H31BrClN3O4S. The number of amides is 2. The van der Waals surface area contributed by atoms with Gasteiger partial charge in [-0.3, -0.25) is 13.9 Å². The number of carbonyl (C=O) groups is 2. The monoisotopic (exact) mass is 619 g/mol. The van der Waals surface area contributed by atoms with Gasteiger partial charge in [-0.15, -0.1) is 0 Å². The lowest BCUT2D eigenvalue weighted by molar-refractivity contribution is -0.139. The van der Waals surface area contributed by atoms with Crippen LogP contribution in [0.5, 0.6) is 0 Å². The second kappa shape index (κ2) is 13.3. The van der Waals surface area contributed by atoms with Gasteiger partial charge in [0.2, 0.25) is 11.8 Å². The summed E-state index contributed by atoms with van der Waals surface area (Å²) in [7, 11) is -4.11. The minimum atomic E-state index is -4.11. The highest BCUT2D eigenvalue weighted by Crippen LogP contribution is 2.26. The SMILES string of the molecule is CC[C@@H](C)NC(=O)[C@H](C)N(Cc1ccc(Br)cc1)C(=O)CN(c1ccc(Cl)cc1)S(=O)(=O)c1ccccc1. The average molecular weight is 621 g/mol. The zero-order valence-electron chi connectivity index (χ0n) is 21.5. The molecule has 202 valence electrons. The van der Waals surface area contributed by atoms with E-state index in [1.165, 1.54) is 17.0 Å². The van der Waals surface area contributed by atoms with Gasteiger partial charge in [-0.05, 0) is 74.4 Å². The summed E-state index contributed by atoms with van der Waals surface area (Å²) in [5.41, 5.74) is 1.08. The van der Waals surface area contributed by atoms with Crippen molar-refractivity contribution in [1.29, 1.82) is 0 Å². The lowest BCUT2D eigenvalue weighted by Gasteiger charge is -2.32. The fraction of sp³-hybridized carbons (Fsp3) is 0.286. The Balaban J connectivity index is 2.00. The van der Waals surface area contributed by atoms with E-state index in [0.717, 1.165) is 20.8 Å². The topological polar surface area (TPSA) is 86.8 Å². The molecule has 0 aromatic heterocycles. The van der Waals surface area contributed by atoms with Gasteiger partial charge in [0.25, 0.3) is 10.0 Å². The second-order valence-electron chi connectivity index (χ2n) is 8.94. The molecule has 0 fully saturated rings. The molecule has 7 nitrogen and oxygen atoms in total. The van der Waals surface area contributed by atoms with Gasteiger partial charge in [-0.25, -0.2) is 8.42 Å². The molecule has 2 atom stereocenters. The number of hydrogen-bond acceptors (Lipinski definition) is 4. The summed E-state index contributed by atoms with van der Waals surface area (Å²) in [4.78, 5) is 28.4. The molecule has 0 aliphatic heterocycles. The third-order valence-corrected chi connectivity index (χ3v) is 8.73. The highest BCUT2D eigenvalue weighted by molar-refractivity contribution is 9.10. The normalized spacial score (nSPS) is 12.9. The van der Waals surface area contributed by atoms with Gasteiger partial charge in [-0.2, -0.15) is 0 Å². The fourth-order valence-electron chi connectivity index (χ4n) is 3.69. The van der Waals surface area contributed by atoms with Crippen molar-refractivity contribution in [3.63, 3.8) is 0 Å². The average Bonchev–Trinajstić information content (AvgIpc) is 2.91. The minimum absolute atomic E-state index is 0.0461. The maximum Gasteiger partial charge on any atom is 0.264 e. The number of benzene rings is 3. The molecule has 1 N–H and O–H groups in total. The van der Waals surface area contributed by atoms with Crippen LogP contribution in [0.3, 0.4) is 0 Å². The molecule has 0 saturated heterocycles. The summed E-state index contributed by atoms with van der Waals surface area (Å²) in [6, 6.07) is 20.6. The molecule has 0 radical (unpaired) electrons. The molecule has 0 heterocycles. The molecule has 0 saturated carbocycles. The Labute approximate surface area is 238 Å². The van der Waals surface area contributed by atoms with Gasteiger partial charge in [0, 0.05) is 22.1 Å². The van der Waals surface area contributed by atoms with Gasteiger partial charge in [-0.1, -0.05) is 64.8 Å². The van der Waals surface area contributed by atoms with Crippen LogP contribution in [0.25, 0.3) is 0 Å². The second-order valence-corrected chi connectivity index (χ2v) is 12.2. The van der Waals surface area contributed by atoms with Crippen molar-refractivity contribution in [2.24, 2.45) is 0 Å². The summed E-state index contributed by atoms with van der Waals surface area (Å²) < 4.78 is 29.3. The van der Waals surface area contributed by atoms with Crippen molar-refractivity contribution in [2.45, 2.75) is 50.7 Å². The highest BCUT2D eigenvalue weighted by Gasteiger charge is 2.32. The molecule has 0 unspecified atom stereocenters. The van der Waals surface area contributed by atoms with E-state index in [1.54, 1.807) is 49.4 Å². The first-order valence-electron chi connectivity index (χ1n) is 12.2. The van der Waals surface area contributed by atoms with Crippen LogP contribution in [0.2, 0.25) is 5.02 Å². The number of hydrogen-bond donors (Lipinski definition) is 1. The molecule has 10 heteroatoms. The number of carbonyl (C=O) groups excluding carboxylic acids is 2. The van der Waals surface area contributed by atoms with Crippen molar-refractivity contribution in [3.05, 3.63) is 93.9 Å². The van der Waals surface area contributed by atoms with E-state index < -0.39 is 28.5 Å². The minimum Gasteiger partial charge on any atom is -0.352 e. The van der Waals surface area contributed by atoms with Gasteiger partial charge < -0.3 is 10.2 Å². The maximum absolute atomic E-state index is 13.8. The molecule has 2 amide bonds. The predicted molar refractivity (Wildman–Crippen MR) is 154 cm³/mol. The van der Waals surface area contributed by atoms with Crippen LogP contribution >= 0.6 is 27.5 Å². The number of nitrogens with one attached hydrogen (secondary N) is 1. The molecular weight excluding hydrogens is 590 g/mol. The standard InChI is InChI=1S/C28H31BrClN3O4S/c1-4-20(2)31-28(35)21(3)32(18-22-10-12-23(29)13-11-22)27(34)19-33(25-16-14-24(30)15-17-25)38(36,37)26-8-6-5-7-9-26/h5-17,20-21H,4,18-19H2,1-3H3,(H,31,35)/t20-,21+/m1/s1. The Morgan fingerprint density at radius 2 is 1.55 bits per heavy atom. The van der Waals surface area contributed by atoms with E-state index in [9.17, 15) is 18.0 Å². The lowest BCUT2D eigenvalue weighted by atomic mass is 10.1. The van der Waals surface area contributed by atoms with E-state index in [0.29, 0.717) is 5.02 Å². The third-order valence-electron chi connectivity index (χ3n) is 6.16. The van der Waals surface area contributed by atoms with Crippen molar-refractivity contribution in [2.75, 3.05) is 10.8 Å². The quantitative estimate of drug-likeness (QED) is 0.301. The Kier molecular flexibility index (Phi) is 10.4. The number of nitrogens with zero attached hydrogens (tertiary/aromatic N) is 2. The zero-order valence-corrected chi connectivity index (χ0v) is 24.6. The van der Waals surface area contributed by atoms with E-state index in [1.807, 2.05) is 38.1 Å². The molecule has 0 aliphatic carbocycles. The molecule has 0 aliphatic rings. The Morgan fingerprint density at radius 3 is 2.13 bits per heavy atom. The molecule has 0 spiro atoms. The largest absolute Gasteiger partial charge is 0.352 e. The van der Waals surface area contributed by atoms with Gasteiger partial charge in [0.1, 0.15) is 12.6 Å². The van der Waals surface area contributed by atoms with Crippen LogP contribution in [0.1, 0.15) is 32.8 Å². The van der Waals surface area contributed by atoms with Crippen LogP contribution < -0.4 is 9.62 Å². The summed E-state index contributed by atoms with van der Waals surface area (Å²) in [6.45, 7) is 5.11. The summed E-state index contributed by atoms with van der Waals surface area (Å²) in [5, 5.41) is 3.35. The van der Waals surface area contributed by atoms with Gasteiger partial charge >= 0.3 is 0 Å². The molecule has 38 heavy (non-hydrogen) atoms. The maximum atomic E-state index is 13.8. The molecule has 3 aromatic carbocycles. The third kappa shape index (κ3) is 7.58. The number of anilines is 1. The van der Waals surface area contributed by atoms with Crippen LogP contribution in [-0.4, -0.2) is 43.8 Å². The Morgan fingerprint density at radius 1 is 0.947 bits per heavy atom. The number of sulfonamides is 1. The fourth-order valence-corrected chi connectivity index (χ4v) is 5.52. The van der Waals surface area contributed by atoms with Gasteiger partial charge in [0.05, 0.1) is 10.6 Å². The number of rotatable bonds is 11. The van der Waals surface area contributed by atoms with Crippen LogP contribution in [-0.2, 0) is 26.2 Å². The van der Waals surface area contributed by atoms with E-state index in [-0.39, 0.29) is 29.1 Å². The van der Waals surface area contributed by atoms with Crippen LogP contribution in [0.4, 0.5) is 5.69 Å². The molecule has 3 aromatic rings. The predicted octanol–water partition coefficient (Wildman–Crippen LogP) is 5.63. The van der Waals surface area contributed by atoms with Crippen molar-refractivity contribution < 1.29 is 18.0 Å². The summed E-state index contributed by atoms with van der Waals surface area (Å²) in [5.74, 6) is -0.831. The van der Waals surface area contributed by atoms with E-state index in [2.05, 4.69) is 21.2 Å². The highest BCUT2D eigenvalue weighted by atomic mass is 79.9. The first-order chi connectivity index (χ1) is 18.0. The van der Waals surface area contributed by atoms with E-state index in [4.69, 9.17) is 11.6 Å². The summed E-state index contributed by atoms with van der Waals surface area (Å²) in [6.07, 6.45) is 0.735. The van der Waals surface area contributed by atoms with Crippen molar-refractivity contribution in [1.82, 2.24) is 10.2 Å². The Bertz CT molecular complexity index is 1340. The smallest absolute Gasteiger partial charge is 0.264 e.